The van der Waals surface area contributed by atoms with Crippen LogP contribution in [0.5, 0.6) is 0 Å². The number of benzene rings is 1. The molecule has 3 heterocycles. The first-order valence-corrected chi connectivity index (χ1v) is 10.1. The average Bonchev–Trinajstić information content (AvgIpc) is 3.35. The quantitative estimate of drug-likeness (QED) is 0.731. The van der Waals surface area contributed by atoms with E-state index in [1.165, 1.54) is 6.26 Å². The average molecular weight is 398 g/mol. The monoisotopic (exact) mass is 398 g/mol. The Labute approximate surface area is 166 Å². The zero-order valence-corrected chi connectivity index (χ0v) is 16.7. The van der Waals surface area contributed by atoms with Gasteiger partial charge in [-0.2, -0.15) is 0 Å². The van der Waals surface area contributed by atoms with Crippen LogP contribution in [0.4, 0.5) is 5.69 Å². The lowest BCUT2D eigenvalue weighted by molar-refractivity contribution is -0.133. The van der Waals surface area contributed by atoms with Crippen molar-refractivity contribution in [3.63, 3.8) is 0 Å². The maximum absolute atomic E-state index is 12.8. The molecule has 0 saturated carbocycles. The fraction of sp³-hybridized carbons (Fsp3) is 0.350. The van der Waals surface area contributed by atoms with Crippen LogP contribution < -0.4 is 5.32 Å². The van der Waals surface area contributed by atoms with Crippen molar-refractivity contribution in [3.05, 3.63) is 47.4 Å². The number of rotatable bonds is 4. The molecule has 0 spiro atoms. The highest BCUT2D eigenvalue weighted by molar-refractivity contribution is 7.18. The lowest BCUT2D eigenvalue weighted by atomic mass is 10.2. The lowest BCUT2D eigenvalue weighted by Gasteiger charge is -2.35. The van der Waals surface area contributed by atoms with Crippen LogP contribution in [0.3, 0.4) is 0 Å². The fourth-order valence-electron chi connectivity index (χ4n) is 3.40. The third kappa shape index (κ3) is 3.73. The van der Waals surface area contributed by atoms with E-state index < -0.39 is 0 Å². The summed E-state index contributed by atoms with van der Waals surface area (Å²) in [6.07, 6.45) is 1.49. The Kier molecular flexibility index (Phi) is 5.04. The van der Waals surface area contributed by atoms with Gasteiger partial charge in [-0.25, -0.2) is 4.98 Å². The minimum Gasteiger partial charge on any atom is -0.459 e. The van der Waals surface area contributed by atoms with Gasteiger partial charge >= 0.3 is 0 Å². The number of hydrogen-bond donors (Lipinski definition) is 1. The van der Waals surface area contributed by atoms with Crippen molar-refractivity contribution in [1.82, 2.24) is 14.8 Å². The topological polar surface area (TPSA) is 78.7 Å². The van der Waals surface area contributed by atoms with Gasteiger partial charge in [-0.1, -0.05) is 0 Å². The summed E-state index contributed by atoms with van der Waals surface area (Å²) >= 11 is 1.64. The predicted molar refractivity (Wildman–Crippen MR) is 109 cm³/mol. The van der Waals surface area contributed by atoms with Crippen LogP contribution >= 0.6 is 11.3 Å². The maximum atomic E-state index is 12.8. The molecule has 0 bridgehead atoms. The van der Waals surface area contributed by atoms with Crippen molar-refractivity contribution in [2.24, 2.45) is 0 Å². The molecule has 1 atom stereocenters. The molecule has 3 aromatic rings. The van der Waals surface area contributed by atoms with Crippen molar-refractivity contribution >= 4 is 39.1 Å². The van der Waals surface area contributed by atoms with E-state index in [0.29, 0.717) is 31.9 Å². The van der Waals surface area contributed by atoms with Gasteiger partial charge in [0.1, 0.15) is 6.04 Å². The fourth-order valence-corrected chi connectivity index (χ4v) is 4.27. The largest absolute Gasteiger partial charge is 0.459 e. The molecule has 8 heteroatoms. The normalized spacial score (nSPS) is 15.6. The molecule has 7 nitrogen and oxygen atoms in total. The third-order valence-electron chi connectivity index (χ3n) is 4.86. The molecule has 2 aromatic heterocycles. The summed E-state index contributed by atoms with van der Waals surface area (Å²) in [6.45, 7) is 5.90. The first kappa shape index (κ1) is 18.5. The zero-order chi connectivity index (χ0) is 19.7. The summed E-state index contributed by atoms with van der Waals surface area (Å²) in [6, 6.07) is 8.96. The van der Waals surface area contributed by atoms with Crippen molar-refractivity contribution in [1.29, 1.82) is 0 Å². The van der Waals surface area contributed by atoms with Crippen LogP contribution in [-0.2, 0) is 4.79 Å². The second-order valence-electron chi connectivity index (χ2n) is 6.88. The van der Waals surface area contributed by atoms with E-state index >= 15 is 0 Å². The van der Waals surface area contributed by atoms with Crippen LogP contribution in [0.2, 0.25) is 0 Å². The molecule has 0 aliphatic carbocycles. The number of amides is 2. The molecule has 1 N–H and O–H groups in total. The number of thiazole rings is 1. The number of nitrogens with zero attached hydrogens (tertiary/aromatic N) is 3. The van der Waals surface area contributed by atoms with Gasteiger partial charge < -0.3 is 19.5 Å². The number of nitrogens with one attached hydrogen (secondary N) is 1. The summed E-state index contributed by atoms with van der Waals surface area (Å²) < 4.78 is 6.28. The van der Waals surface area contributed by atoms with Gasteiger partial charge in [0.25, 0.3) is 5.91 Å². The van der Waals surface area contributed by atoms with Crippen molar-refractivity contribution in [3.8, 4) is 0 Å². The van der Waals surface area contributed by atoms with E-state index in [1.807, 2.05) is 32.0 Å². The highest BCUT2D eigenvalue weighted by Crippen LogP contribution is 2.25. The minimum absolute atomic E-state index is 0.0330. The second kappa shape index (κ2) is 7.63. The third-order valence-corrected chi connectivity index (χ3v) is 5.79. The van der Waals surface area contributed by atoms with Gasteiger partial charge in [0.2, 0.25) is 5.91 Å². The Bertz CT molecular complexity index is 990. The van der Waals surface area contributed by atoms with Crippen LogP contribution in [0.25, 0.3) is 10.2 Å². The Balaban J connectivity index is 1.34. The molecule has 0 radical (unpaired) electrons. The van der Waals surface area contributed by atoms with E-state index in [4.69, 9.17) is 4.42 Å². The molecule has 1 aliphatic heterocycles. The molecular formula is C20H22N4O3S. The maximum Gasteiger partial charge on any atom is 0.289 e. The summed E-state index contributed by atoms with van der Waals surface area (Å²) in [4.78, 5) is 33.1. The van der Waals surface area contributed by atoms with Crippen LogP contribution in [0.1, 0.15) is 22.5 Å². The molecule has 1 aliphatic rings. The van der Waals surface area contributed by atoms with Crippen LogP contribution in [0, 0.1) is 6.92 Å². The number of fused-ring (bicyclic) bond motifs is 1. The van der Waals surface area contributed by atoms with Crippen LogP contribution in [0.15, 0.2) is 41.0 Å². The number of piperazine rings is 1. The Morgan fingerprint density at radius 3 is 2.64 bits per heavy atom. The smallest absolute Gasteiger partial charge is 0.289 e. The number of aromatic nitrogens is 1. The van der Waals surface area contributed by atoms with Crippen molar-refractivity contribution < 1.29 is 14.0 Å². The van der Waals surface area contributed by atoms with Gasteiger partial charge in [0.15, 0.2) is 5.76 Å². The second-order valence-corrected chi connectivity index (χ2v) is 8.11. The van der Waals surface area contributed by atoms with Crippen molar-refractivity contribution in [2.45, 2.75) is 19.9 Å². The van der Waals surface area contributed by atoms with Crippen LogP contribution in [-0.4, -0.2) is 58.8 Å². The molecule has 28 heavy (non-hydrogen) atoms. The molecule has 1 fully saturated rings. The Hall–Kier alpha value is -2.87. The lowest BCUT2D eigenvalue weighted by Crippen LogP contribution is -2.53. The number of carbonyl (C=O) groups is 2. The number of aryl methyl sites for hydroxylation is 1. The number of carbonyl (C=O) groups excluding carboxylic acids is 2. The molecular weight excluding hydrogens is 376 g/mol. The summed E-state index contributed by atoms with van der Waals surface area (Å²) in [7, 11) is 0. The number of hydrogen-bond acceptors (Lipinski definition) is 6. The highest BCUT2D eigenvalue weighted by atomic mass is 32.1. The van der Waals surface area contributed by atoms with E-state index in [9.17, 15) is 9.59 Å². The number of anilines is 1. The van der Waals surface area contributed by atoms with Gasteiger partial charge in [0.05, 0.1) is 21.5 Å². The molecule has 1 saturated heterocycles. The first-order chi connectivity index (χ1) is 13.5. The standard InChI is InChI=1S/C20H22N4O3S/c1-13(21-15-5-6-16-18(12-15)28-14(2)22-16)19(25)23-7-9-24(10-8-23)20(26)17-4-3-11-27-17/h3-6,11-13,21H,7-10H2,1-2H3. The minimum atomic E-state index is -0.348. The molecule has 1 aromatic carbocycles. The molecule has 4 rings (SSSR count). The van der Waals surface area contributed by atoms with Gasteiger partial charge in [0, 0.05) is 31.9 Å². The Morgan fingerprint density at radius 2 is 1.93 bits per heavy atom. The first-order valence-electron chi connectivity index (χ1n) is 9.26. The van der Waals surface area contributed by atoms with E-state index in [-0.39, 0.29) is 17.9 Å². The summed E-state index contributed by atoms with van der Waals surface area (Å²) in [5.41, 5.74) is 1.88. The van der Waals surface area contributed by atoms with E-state index in [0.717, 1.165) is 20.9 Å². The van der Waals surface area contributed by atoms with Gasteiger partial charge in [-0.05, 0) is 44.2 Å². The predicted octanol–water partition coefficient (Wildman–Crippen LogP) is 2.98. The highest BCUT2D eigenvalue weighted by Gasteiger charge is 2.28. The zero-order valence-electron chi connectivity index (χ0n) is 15.8. The molecule has 1 unspecified atom stereocenters. The summed E-state index contributed by atoms with van der Waals surface area (Å²) in [5, 5.41) is 4.31. The van der Waals surface area contributed by atoms with Crippen molar-refractivity contribution in [2.75, 3.05) is 31.5 Å². The van der Waals surface area contributed by atoms with Gasteiger partial charge in [-0.15, -0.1) is 11.3 Å². The Morgan fingerprint density at radius 1 is 1.18 bits per heavy atom. The summed E-state index contributed by atoms with van der Waals surface area (Å²) in [5.74, 6) is 0.241. The molecule has 2 amide bonds. The molecule has 146 valence electrons. The van der Waals surface area contributed by atoms with E-state index in [1.54, 1.807) is 33.3 Å². The SMILES string of the molecule is Cc1nc2ccc(NC(C)C(=O)N3CCN(C(=O)c4ccco4)CC3)cc2s1. The van der Waals surface area contributed by atoms with Gasteiger partial charge in [-0.3, -0.25) is 9.59 Å². The van der Waals surface area contributed by atoms with E-state index in [2.05, 4.69) is 10.3 Å². The number of furan rings is 1.